The number of aryl methyl sites for hydroxylation is 1. The Labute approximate surface area is 290 Å². The number of hydrogen-bond acceptors (Lipinski definition) is 7. The first-order valence-electron chi connectivity index (χ1n) is 17.7. The summed E-state index contributed by atoms with van der Waals surface area (Å²) in [6, 6.07) is 2.92. The van der Waals surface area contributed by atoms with Gasteiger partial charge in [0.1, 0.15) is 18.0 Å². The molecular formula is C36H53N5O7S. The smallest absolute Gasteiger partial charge is 0.315 e. The molecule has 0 bridgehead atoms. The lowest BCUT2D eigenvalue weighted by Gasteiger charge is -2.37. The van der Waals surface area contributed by atoms with Crippen LogP contribution in [0.25, 0.3) is 0 Å². The van der Waals surface area contributed by atoms with Crippen molar-refractivity contribution < 1.29 is 32.4 Å². The van der Waals surface area contributed by atoms with Gasteiger partial charge in [0, 0.05) is 12.1 Å². The number of ketones is 1. The molecule has 1 aliphatic heterocycles. The molecule has 270 valence electrons. The topological polar surface area (TPSA) is 171 Å². The second-order valence-electron chi connectivity index (χ2n) is 16.3. The van der Waals surface area contributed by atoms with E-state index < -0.39 is 63.0 Å². The van der Waals surface area contributed by atoms with E-state index in [4.69, 9.17) is 0 Å². The average Bonchev–Trinajstić information content (AvgIpc) is 3.89. The molecule has 3 aliphatic carbocycles. The van der Waals surface area contributed by atoms with E-state index in [9.17, 15) is 32.4 Å². The molecule has 4 N–H and O–H groups in total. The van der Waals surface area contributed by atoms with Crippen molar-refractivity contribution in [3.63, 3.8) is 0 Å². The number of carbonyl (C=O) groups excluding carboxylic acids is 5. The SMILES string of the molecule is Cc1ccc(S(=O)(=O)CNC(=O)C(=O)C(CC2CC2)NC(=O)[C@@H]2[C@@H]3[C@H](CN2C(=O)[C@@H](NC(=O)NC(C)(C)C)C2CCCCC2)C3(C)C)cc1. The summed E-state index contributed by atoms with van der Waals surface area (Å²) in [6.07, 6.45) is 6.54. The molecule has 0 aromatic heterocycles. The quantitative estimate of drug-likeness (QED) is 0.243. The maximum absolute atomic E-state index is 14.4. The molecule has 1 aromatic carbocycles. The van der Waals surface area contributed by atoms with Gasteiger partial charge in [0.15, 0.2) is 9.84 Å². The van der Waals surface area contributed by atoms with Gasteiger partial charge in [0.25, 0.3) is 5.91 Å². The highest BCUT2D eigenvalue weighted by Crippen LogP contribution is 2.65. The molecule has 1 unspecified atom stereocenters. The van der Waals surface area contributed by atoms with Crippen LogP contribution < -0.4 is 21.3 Å². The van der Waals surface area contributed by atoms with Crippen molar-refractivity contribution >= 4 is 39.4 Å². The summed E-state index contributed by atoms with van der Waals surface area (Å²) >= 11 is 0. The number of benzene rings is 1. The molecule has 4 fully saturated rings. The maximum atomic E-state index is 14.4. The van der Waals surface area contributed by atoms with Gasteiger partial charge in [-0.3, -0.25) is 19.2 Å². The van der Waals surface area contributed by atoms with Gasteiger partial charge in [0.05, 0.1) is 10.9 Å². The molecule has 5 atom stereocenters. The summed E-state index contributed by atoms with van der Waals surface area (Å²) in [5.74, 6) is -3.54. The van der Waals surface area contributed by atoms with Gasteiger partial charge in [-0.15, -0.1) is 0 Å². The molecule has 5 rings (SSSR count). The lowest BCUT2D eigenvalue weighted by Crippen LogP contribution is -2.61. The van der Waals surface area contributed by atoms with E-state index in [0.717, 1.165) is 50.5 Å². The van der Waals surface area contributed by atoms with Crippen LogP contribution in [0, 0.1) is 36.0 Å². The molecule has 12 nitrogen and oxygen atoms in total. The number of nitrogens with zero attached hydrogens (tertiary/aromatic N) is 1. The van der Waals surface area contributed by atoms with Crippen molar-refractivity contribution in [2.75, 3.05) is 12.4 Å². The summed E-state index contributed by atoms with van der Waals surface area (Å²) in [7, 11) is -3.90. The third kappa shape index (κ3) is 8.64. The highest BCUT2D eigenvalue weighted by molar-refractivity contribution is 7.91. The number of rotatable bonds is 12. The number of Topliss-reactive ketones (excluding diaryl/α,β-unsaturated/α-hetero) is 1. The number of carbonyl (C=O) groups is 5. The van der Waals surface area contributed by atoms with E-state index in [1.807, 2.05) is 27.7 Å². The Morgan fingerprint density at radius 3 is 2.16 bits per heavy atom. The third-order valence-electron chi connectivity index (χ3n) is 10.8. The molecule has 1 heterocycles. The number of likely N-dealkylation sites (tertiary alicyclic amines) is 1. The first-order chi connectivity index (χ1) is 22.9. The summed E-state index contributed by atoms with van der Waals surface area (Å²) in [5, 5.41) is 10.9. The normalized spacial score (nSPS) is 24.6. The Morgan fingerprint density at radius 2 is 1.57 bits per heavy atom. The summed E-state index contributed by atoms with van der Waals surface area (Å²) in [4.78, 5) is 69.7. The minimum absolute atomic E-state index is 0.0261. The highest BCUT2D eigenvalue weighted by atomic mass is 32.2. The fourth-order valence-corrected chi connectivity index (χ4v) is 8.81. The van der Waals surface area contributed by atoms with Gasteiger partial charge in [-0.25, -0.2) is 13.2 Å². The van der Waals surface area contributed by atoms with E-state index in [2.05, 4.69) is 35.1 Å². The van der Waals surface area contributed by atoms with Crippen LogP contribution in [-0.2, 0) is 29.0 Å². The maximum Gasteiger partial charge on any atom is 0.315 e. The van der Waals surface area contributed by atoms with Crippen LogP contribution >= 0.6 is 0 Å². The zero-order valence-electron chi connectivity index (χ0n) is 29.6. The van der Waals surface area contributed by atoms with Crippen LogP contribution in [0.1, 0.15) is 91.5 Å². The van der Waals surface area contributed by atoms with E-state index in [1.54, 1.807) is 17.0 Å². The lowest BCUT2D eigenvalue weighted by atomic mass is 9.83. The molecular weight excluding hydrogens is 646 g/mol. The first kappa shape index (κ1) is 36.8. The summed E-state index contributed by atoms with van der Waals surface area (Å²) in [5.41, 5.74) is 0.173. The highest BCUT2D eigenvalue weighted by Gasteiger charge is 2.69. The number of nitrogens with one attached hydrogen (secondary N) is 4. The number of hydrogen-bond donors (Lipinski definition) is 4. The minimum atomic E-state index is -3.90. The van der Waals surface area contributed by atoms with Crippen LogP contribution in [0.2, 0.25) is 0 Å². The van der Waals surface area contributed by atoms with Gasteiger partial charge < -0.3 is 26.2 Å². The van der Waals surface area contributed by atoms with Crippen molar-refractivity contribution in [1.82, 2.24) is 26.2 Å². The monoisotopic (exact) mass is 699 g/mol. The molecule has 1 saturated heterocycles. The van der Waals surface area contributed by atoms with Crippen molar-refractivity contribution in [3.8, 4) is 0 Å². The van der Waals surface area contributed by atoms with Crippen LogP contribution in [0.4, 0.5) is 4.79 Å². The van der Waals surface area contributed by atoms with Crippen LogP contribution in [0.3, 0.4) is 0 Å². The van der Waals surface area contributed by atoms with Gasteiger partial charge >= 0.3 is 6.03 Å². The van der Waals surface area contributed by atoms with Crippen LogP contribution in [0.15, 0.2) is 29.2 Å². The van der Waals surface area contributed by atoms with Gasteiger partial charge in [-0.2, -0.15) is 0 Å². The standard InChI is InChI=1S/C36H53N5O7S/c1-21-12-16-24(17-13-21)49(47,48)20-37-32(44)30(42)26(18-22-14-15-22)38-31(43)29-27-25(36(27,5)6)19-41(29)33(45)28(23-10-8-7-9-11-23)39-34(46)40-35(2,3)4/h12-13,16-17,22-23,25-29H,7-11,14-15,18-20H2,1-6H3,(H,37,44)(H,38,43)(H2,39,40,46)/t25-,26?,27-,28-,29-/m0/s1. The molecule has 13 heteroatoms. The number of amides is 5. The predicted octanol–water partition coefficient (Wildman–Crippen LogP) is 3.23. The van der Waals surface area contributed by atoms with Crippen molar-refractivity contribution in [3.05, 3.63) is 29.8 Å². The molecule has 1 aromatic rings. The largest absolute Gasteiger partial charge is 0.344 e. The minimum Gasteiger partial charge on any atom is -0.344 e. The Morgan fingerprint density at radius 1 is 0.939 bits per heavy atom. The number of urea groups is 1. The lowest BCUT2D eigenvalue weighted by molar-refractivity contribution is -0.144. The zero-order chi connectivity index (χ0) is 35.9. The second-order valence-corrected chi connectivity index (χ2v) is 18.3. The summed E-state index contributed by atoms with van der Waals surface area (Å²) < 4.78 is 25.6. The average molecular weight is 700 g/mol. The first-order valence-corrected chi connectivity index (χ1v) is 19.4. The number of fused-ring (bicyclic) bond motifs is 1. The second kappa shape index (κ2) is 14.0. The molecule has 4 aliphatic rings. The van der Waals surface area contributed by atoms with Gasteiger partial charge in [0.2, 0.25) is 17.6 Å². The van der Waals surface area contributed by atoms with E-state index in [-0.39, 0.29) is 46.3 Å². The van der Waals surface area contributed by atoms with Crippen molar-refractivity contribution in [2.45, 2.75) is 121 Å². The van der Waals surface area contributed by atoms with E-state index in [0.29, 0.717) is 6.54 Å². The molecule has 49 heavy (non-hydrogen) atoms. The van der Waals surface area contributed by atoms with E-state index >= 15 is 0 Å². The predicted molar refractivity (Wildman–Crippen MR) is 184 cm³/mol. The zero-order valence-corrected chi connectivity index (χ0v) is 30.5. The Balaban J connectivity index is 1.31. The fraction of sp³-hybridized carbons (Fsp3) is 0.694. The third-order valence-corrected chi connectivity index (χ3v) is 12.4. The fourth-order valence-electron chi connectivity index (χ4n) is 7.77. The molecule has 5 amide bonds. The molecule has 0 radical (unpaired) electrons. The number of piperidine rings is 1. The molecule has 0 spiro atoms. The van der Waals surface area contributed by atoms with Gasteiger partial charge in [-0.1, -0.05) is 63.6 Å². The Hall–Kier alpha value is -3.48. The summed E-state index contributed by atoms with van der Waals surface area (Å²) in [6.45, 7) is 11.9. The van der Waals surface area contributed by atoms with Crippen LogP contribution in [-0.4, -0.2) is 78.9 Å². The Kier molecular flexibility index (Phi) is 10.5. The van der Waals surface area contributed by atoms with Crippen molar-refractivity contribution in [2.24, 2.45) is 29.1 Å². The van der Waals surface area contributed by atoms with Crippen molar-refractivity contribution in [1.29, 1.82) is 0 Å². The Bertz CT molecular complexity index is 1560. The van der Waals surface area contributed by atoms with Crippen LogP contribution in [0.5, 0.6) is 0 Å². The molecule has 3 saturated carbocycles. The number of sulfone groups is 1. The van der Waals surface area contributed by atoms with Gasteiger partial charge in [-0.05, 0) is 88.2 Å². The van der Waals surface area contributed by atoms with E-state index in [1.165, 1.54) is 12.1 Å².